The highest BCUT2D eigenvalue weighted by molar-refractivity contribution is 9.10. The zero-order valence-electron chi connectivity index (χ0n) is 11.9. The average molecular weight is 330 g/mol. The second-order valence-electron chi connectivity index (χ2n) is 4.66. The molecule has 0 saturated carbocycles. The SMILES string of the molecule is COc1cc(C)c(NC(=O)C(Br)C(C)C)cc1OC. The summed E-state index contributed by atoms with van der Waals surface area (Å²) in [6.45, 7) is 5.89. The van der Waals surface area contributed by atoms with Crippen LogP contribution in [0.1, 0.15) is 19.4 Å². The molecule has 19 heavy (non-hydrogen) atoms. The molecule has 0 heterocycles. The maximum absolute atomic E-state index is 12.0. The highest BCUT2D eigenvalue weighted by Gasteiger charge is 2.20. The van der Waals surface area contributed by atoms with Crippen molar-refractivity contribution in [3.8, 4) is 11.5 Å². The maximum atomic E-state index is 12.0. The number of benzene rings is 1. The number of hydrogen-bond acceptors (Lipinski definition) is 3. The van der Waals surface area contributed by atoms with Gasteiger partial charge < -0.3 is 14.8 Å². The number of halogens is 1. The van der Waals surface area contributed by atoms with E-state index in [0.29, 0.717) is 11.5 Å². The van der Waals surface area contributed by atoms with Gasteiger partial charge >= 0.3 is 0 Å². The predicted octanol–water partition coefficient (Wildman–Crippen LogP) is 3.37. The minimum absolute atomic E-state index is 0.0645. The van der Waals surface area contributed by atoms with Crippen molar-refractivity contribution < 1.29 is 14.3 Å². The van der Waals surface area contributed by atoms with Gasteiger partial charge in [-0.05, 0) is 24.5 Å². The molecule has 1 atom stereocenters. The van der Waals surface area contributed by atoms with E-state index in [4.69, 9.17) is 9.47 Å². The Morgan fingerprint density at radius 1 is 1.21 bits per heavy atom. The molecule has 1 aromatic rings. The van der Waals surface area contributed by atoms with Gasteiger partial charge in [0.2, 0.25) is 5.91 Å². The van der Waals surface area contributed by atoms with Crippen molar-refractivity contribution in [1.29, 1.82) is 0 Å². The fourth-order valence-electron chi connectivity index (χ4n) is 1.62. The first-order valence-corrected chi connectivity index (χ1v) is 6.99. The lowest BCUT2D eigenvalue weighted by molar-refractivity contribution is -0.116. The summed E-state index contributed by atoms with van der Waals surface area (Å²) in [6.07, 6.45) is 0. The third-order valence-electron chi connectivity index (χ3n) is 2.82. The summed E-state index contributed by atoms with van der Waals surface area (Å²) in [5.74, 6) is 1.40. The Morgan fingerprint density at radius 2 is 1.74 bits per heavy atom. The Morgan fingerprint density at radius 3 is 2.21 bits per heavy atom. The fourth-order valence-corrected chi connectivity index (χ4v) is 1.73. The van der Waals surface area contributed by atoms with Gasteiger partial charge in [-0.3, -0.25) is 4.79 Å². The molecule has 0 spiro atoms. The zero-order chi connectivity index (χ0) is 14.6. The molecule has 5 heteroatoms. The monoisotopic (exact) mass is 329 g/mol. The smallest absolute Gasteiger partial charge is 0.238 e. The molecule has 0 aliphatic heterocycles. The number of rotatable bonds is 5. The molecule has 4 nitrogen and oxygen atoms in total. The van der Waals surface area contributed by atoms with Crippen LogP contribution < -0.4 is 14.8 Å². The topological polar surface area (TPSA) is 47.6 Å². The van der Waals surface area contributed by atoms with Crippen LogP contribution in [0.25, 0.3) is 0 Å². The Labute approximate surface area is 122 Å². The standard InChI is InChI=1S/C14H20BrNO3/c1-8(2)13(15)14(17)16-10-7-12(19-5)11(18-4)6-9(10)3/h6-8,13H,1-5H3,(H,16,17). The molecule has 0 aromatic heterocycles. The molecule has 1 rings (SSSR count). The van der Waals surface area contributed by atoms with Crippen LogP contribution in [0, 0.1) is 12.8 Å². The number of aryl methyl sites for hydroxylation is 1. The van der Waals surface area contributed by atoms with Gasteiger partial charge in [0, 0.05) is 11.8 Å². The minimum atomic E-state index is -0.222. The van der Waals surface area contributed by atoms with Gasteiger partial charge in [0.05, 0.1) is 19.0 Å². The van der Waals surface area contributed by atoms with Gasteiger partial charge in [-0.1, -0.05) is 29.8 Å². The zero-order valence-corrected chi connectivity index (χ0v) is 13.5. The van der Waals surface area contributed by atoms with Gasteiger partial charge in [0.15, 0.2) is 11.5 Å². The Kier molecular flexibility index (Phi) is 5.66. The molecule has 1 aromatic carbocycles. The number of anilines is 1. The van der Waals surface area contributed by atoms with Crippen LogP contribution in [0.2, 0.25) is 0 Å². The van der Waals surface area contributed by atoms with Crippen molar-refractivity contribution in [3.63, 3.8) is 0 Å². The lowest BCUT2D eigenvalue weighted by Crippen LogP contribution is -2.27. The number of ether oxygens (including phenoxy) is 2. The highest BCUT2D eigenvalue weighted by Crippen LogP contribution is 2.33. The summed E-state index contributed by atoms with van der Waals surface area (Å²) in [5.41, 5.74) is 1.65. The molecule has 0 bridgehead atoms. The Hall–Kier alpha value is -1.23. The average Bonchev–Trinajstić information content (AvgIpc) is 2.39. The Balaban J connectivity index is 2.99. The van der Waals surface area contributed by atoms with Crippen LogP contribution in [0.15, 0.2) is 12.1 Å². The minimum Gasteiger partial charge on any atom is -0.493 e. The molecule has 0 aliphatic carbocycles. The van der Waals surface area contributed by atoms with Gasteiger partial charge in [0.25, 0.3) is 0 Å². The number of methoxy groups -OCH3 is 2. The van der Waals surface area contributed by atoms with E-state index >= 15 is 0 Å². The highest BCUT2D eigenvalue weighted by atomic mass is 79.9. The van der Waals surface area contributed by atoms with E-state index in [2.05, 4.69) is 21.2 Å². The van der Waals surface area contributed by atoms with Crippen LogP contribution >= 0.6 is 15.9 Å². The Bertz CT molecular complexity index is 460. The quantitative estimate of drug-likeness (QED) is 0.842. The van der Waals surface area contributed by atoms with Gasteiger partial charge in [-0.25, -0.2) is 0 Å². The van der Waals surface area contributed by atoms with Crippen LogP contribution in [0.5, 0.6) is 11.5 Å². The molecule has 0 radical (unpaired) electrons. The second-order valence-corrected chi connectivity index (χ2v) is 5.64. The van der Waals surface area contributed by atoms with Gasteiger partial charge in [0.1, 0.15) is 0 Å². The normalized spacial score (nSPS) is 12.2. The van der Waals surface area contributed by atoms with E-state index in [9.17, 15) is 4.79 Å². The summed E-state index contributed by atoms with van der Waals surface area (Å²) < 4.78 is 10.4. The summed E-state index contributed by atoms with van der Waals surface area (Å²) in [4.78, 5) is 11.8. The molecule has 0 saturated heterocycles. The van der Waals surface area contributed by atoms with E-state index in [1.54, 1.807) is 20.3 Å². The number of hydrogen-bond donors (Lipinski definition) is 1. The molecular weight excluding hydrogens is 310 g/mol. The van der Waals surface area contributed by atoms with E-state index in [0.717, 1.165) is 11.3 Å². The third-order valence-corrected chi connectivity index (χ3v) is 4.30. The lowest BCUT2D eigenvalue weighted by atomic mass is 10.1. The number of amides is 1. The summed E-state index contributed by atoms with van der Waals surface area (Å²) in [5, 5.41) is 2.90. The number of carbonyl (C=O) groups is 1. The number of nitrogens with one attached hydrogen (secondary N) is 1. The van der Waals surface area contributed by atoms with Crippen LogP contribution in [0.3, 0.4) is 0 Å². The molecule has 1 amide bonds. The van der Waals surface area contributed by atoms with E-state index in [1.165, 1.54) is 0 Å². The lowest BCUT2D eigenvalue weighted by Gasteiger charge is -2.17. The maximum Gasteiger partial charge on any atom is 0.238 e. The van der Waals surface area contributed by atoms with Crippen LogP contribution in [-0.4, -0.2) is 25.0 Å². The second kappa shape index (κ2) is 6.80. The first-order chi connectivity index (χ1) is 8.90. The predicted molar refractivity (Wildman–Crippen MR) is 80.5 cm³/mol. The van der Waals surface area contributed by atoms with Gasteiger partial charge in [-0.15, -0.1) is 0 Å². The molecular formula is C14H20BrNO3. The fraction of sp³-hybridized carbons (Fsp3) is 0.500. The van der Waals surface area contributed by atoms with Crippen molar-refractivity contribution in [3.05, 3.63) is 17.7 Å². The summed E-state index contributed by atoms with van der Waals surface area (Å²) in [6, 6.07) is 3.61. The molecule has 0 fully saturated rings. The third kappa shape index (κ3) is 3.86. The van der Waals surface area contributed by atoms with E-state index in [-0.39, 0.29) is 16.7 Å². The van der Waals surface area contributed by atoms with Crippen molar-refractivity contribution in [2.45, 2.75) is 25.6 Å². The number of alkyl halides is 1. The molecule has 1 unspecified atom stereocenters. The number of carbonyl (C=O) groups excluding carboxylic acids is 1. The van der Waals surface area contributed by atoms with Gasteiger partial charge in [-0.2, -0.15) is 0 Å². The van der Waals surface area contributed by atoms with Crippen molar-refractivity contribution >= 4 is 27.5 Å². The van der Waals surface area contributed by atoms with Crippen molar-refractivity contribution in [2.75, 3.05) is 19.5 Å². The first-order valence-electron chi connectivity index (χ1n) is 6.08. The molecule has 106 valence electrons. The molecule has 0 aliphatic rings. The summed E-state index contributed by atoms with van der Waals surface area (Å²) >= 11 is 3.39. The largest absolute Gasteiger partial charge is 0.493 e. The van der Waals surface area contributed by atoms with Crippen molar-refractivity contribution in [1.82, 2.24) is 0 Å². The van der Waals surface area contributed by atoms with Crippen LogP contribution in [-0.2, 0) is 4.79 Å². The molecule has 1 N–H and O–H groups in total. The van der Waals surface area contributed by atoms with Crippen LogP contribution in [0.4, 0.5) is 5.69 Å². The summed E-state index contributed by atoms with van der Waals surface area (Å²) in [7, 11) is 3.16. The first kappa shape index (κ1) is 15.8. The van der Waals surface area contributed by atoms with E-state index in [1.807, 2.05) is 26.8 Å². The van der Waals surface area contributed by atoms with E-state index < -0.39 is 0 Å². The van der Waals surface area contributed by atoms with Crippen molar-refractivity contribution in [2.24, 2.45) is 5.92 Å².